The fourth-order valence-electron chi connectivity index (χ4n) is 2.11. The summed E-state index contributed by atoms with van der Waals surface area (Å²) in [5.74, 6) is 0.153. The van der Waals surface area contributed by atoms with Crippen molar-refractivity contribution < 1.29 is 9.53 Å². The zero-order valence-corrected chi connectivity index (χ0v) is 10.7. The van der Waals surface area contributed by atoms with E-state index in [4.69, 9.17) is 10.5 Å². The van der Waals surface area contributed by atoms with Gasteiger partial charge in [0.05, 0.1) is 29.7 Å². The quantitative estimate of drug-likeness (QED) is 0.675. The molecule has 1 aliphatic carbocycles. The van der Waals surface area contributed by atoms with Crippen LogP contribution in [0.3, 0.4) is 0 Å². The molecule has 1 heterocycles. The molecule has 1 aromatic carbocycles. The van der Waals surface area contributed by atoms with Crippen molar-refractivity contribution in [2.24, 2.45) is 0 Å². The number of nitrogens with zero attached hydrogens (tertiary/aromatic N) is 2. The number of para-hydroxylation sites is 1. The molecule has 2 aromatic rings. The fraction of sp³-hybridized carbons (Fsp3) is 0.286. The number of hydrogen-bond donors (Lipinski definition) is 1. The molecule has 0 amide bonds. The number of nitrogens with two attached hydrogens (primary N) is 1. The number of esters is 1. The Labute approximate surface area is 111 Å². The lowest BCUT2D eigenvalue weighted by Crippen LogP contribution is -2.09. The zero-order chi connectivity index (χ0) is 13.4. The van der Waals surface area contributed by atoms with Crippen LogP contribution >= 0.6 is 0 Å². The monoisotopic (exact) mass is 257 g/mol. The van der Waals surface area contributed by atoms with Crippen molar-refractivity contribution in [2.45, 2.75) is 18.8 Å². The van der Waals surface area contributed by atoms with Gasteiger partial charge in [-0.25, -0.2) is 9.48 Å². The number of anilines is 1. The molecule has 0 radical (unpaired) electrons. The van der Waals surface area contributed by atoms with Gasteiger partial charge >= 0.3 is 5.97 Å². The van der Waals surface area contributed by atoms with Crippen LogP contribution in [0, 0.1) is 0 Å². The van der Waals surface area contributed by atoms with Crippen LogP contribution in [-0.2, 0) is 4.74 Å². The molecule has 2 N–H and O–H groups in total. The maximum Gasteiger partial charge on any atom is 0.340 e. The summed E-state index contributed by atoms with van der Waals surface area (Å²) < 4.78 is 6.43. The molecular formula is C14H15N3O2. The Kier molecular flexibility index (Phi) is 2.74. The Bertz CT molecular complexity index is 629. The highest BCUT2D eigenvalue weighted by atomic mass is 16.5. The molecular weight excluding hydrogens is 242 g/mol. The molecule has 0 aliphatic heterocycles. The maximum atomic E-state index is 11.6. The molecule has 5 nitrogen and oxygen atoms in total. The molecule has 5 heteroatoms. The lowest BCUT2D eigenvalue weighted by Gasteiger charge is -2.09. The molecule has 0 unspecified atom stereocenters. The van der Waals surface area contributed by atoms with Crippen LogP contribution < -0.4 is 5.73 Å². The smallest absolute Gasteiger partial charge is 0.340 e. The Morgan fingerprint density at radius 2 is 2.21 bits per heavy atom. The Morgan fingerprint density at radius 3 is 2.89 bits per heavy atom. The van der Waals surface area contributed by atoms with Crippen LogP contribution in [0.1, 0.15) is 34.8 Å². The second kappa shape index (κ2) is 4.42. The summed E-state index contributed by atoms with van der Waals surface area (Å²) in [6.45, 7) is 0. The van der Waals surface area contributed by atoms with E-state index in [0.29, 0.717) is 22.9 Å². The van der Waals surface area contributed by atoms with E-state index in [1.165, 1.54) is 20.0 Å². The van der Waals surface area contributed by atoms with E-state index in [1.54, 1.807) is 16.8 Å². The van der Waals surface area contributed by atoms with E-state index in [1.807, 2.05) is 18.3 Å². The van der Waals surface area contributed by atoms with E-state index < -0.39 is 5.97 Å². The average Bonchev–Trinajstić information content (AvgIpc) is 3.17. The molecule has 3 rings (SSSR count). The summed E-state index contributed by atoms with van der Waals surface area (Å²) in [6.07, 6.45) is 4.28. The molecule has 19 heavy (non-hydrogen) atoms. The van der Waals surface area contributed by atoms with Crippen LogP contribution in [0.25, 0.3) is 5.69 Å². The summed E-state index contributed by atoms with van der Waals surface area (Å²) in [5.41, 5.74) is 8.57. The van der Waals surface area contributed by atoms with E-state index in [9.17, 15) is 4.79 Å². The first-order chi connectivity index (χ1) is 9.20. The number of aromatic nitrogens is 2. The number of benzene rings is 1. The lowest BCUT2D eigenvalue weighted by atomic mass is 10.1. The summed E-state index contributed by atoms with van der Waals surface area (Å²) >= 11 is 0. The van der Waals surface area contributed by atoms with Crippen molar-refractivity contribution in [3.63, 3.8) is 0 Å². The molecule has 1 fully saturated rings. The fourth-order valence-corrected chi connectivity index (χ4v) is 2.11. The SMILES string of the molecule is COC(=O)c1cccc(-n2ccc(C3CC3)n2)c1N. The van der Waals surface area contributed by atoms with Crippen molar-refractivity contribution in [1.82, 2.24) is 9.78 Å². The molecule has 0 atom stereocenters. The van der Waals surface area contributed by atoms with Gasteiger partial charge < -0.3 is 10.5 Å². The highest BCUT2D eigenvalue weighted by Crippen LogP contribution is 2.39. The summed E-state index contributed by atoms with van der Waals surface area (Å²) in [4.78, 5) is 11.6. The molecule has 0 bridgehead atoms. The Morgan fingerprint density at radius 1 is 1.42 bits per heavy atom. The van der Waals surface area contributed by atoms with Crippen molar-refractivity contribution in [1.29, 1.82) is 0 Å². The minimum absolute atomic E-state index is 0.364. The van der Waals surface area contributed by atoms with Gasteiger partial charge in [-0.2, -0.15) is 5.10 Å². The first-order valence-corrected chi connectivity index (χ1v) is 6.23. The minimum atomic E-state index is -0.436. The largest absolute Gasteiger partial charge is 0.465 e. The van der Waals surface area contributed by atoms with Gasteiger partial charge in [0.25, 0.3) is 0 Å². The first-order valence-electron chi connectivity index (χ1n) is 6.23. The van der Waals surface area contributed by atoms with Gasteiger partial charge in [-0.05, 0) is 31.0 Å². The van der Waals surface area contributed by atoms with Crippen LogP contribution in [0.2, 0.25) is 0 Å². The number of rotatable bonds is 3. The van der Waals surface area contributed by atoms with Gasteiger partial charge in [0.1, 0.15) is 0 Å². The molecule has 0 saturated heterocycles. The van der Waals surface area contributed by atoms with E-state index in [2.05, 4.69) is 5.10 Å². The summed E-state index contributed by atoms with van der Waals surface area (Å²) in [7, 11) is 1.34. The summed E-state index contributed by atoms with van der Waals surface area (Å²) in [6, 6.07) is 7.26. The molecule has 0 spiro atoms. The van der Waals surface area contributed by atoms with Crippen LogP contribution in [0.5, 0.6) is 0 Å². The maximum absolute atomic E-state index is 11.6. The second-order valence-corrected chi connectivity index (χ2v) is 4.69. The number of nitrogen functional groups attached to an aromatic ring is 1. The van der Waals surface area contributed by atoms with Crippen molar-refractivity contribution >= 4 is 11.7 Å². The second-order valence-electron chi connectivity index (χ2n) is 4.69. The third-order valence-electron chi connectivity index (χ3n) is 3.34. The molecule has 1 aromatic heterocycles. The highest BCUT2D eigenvalue weighted by molar-refractivity contribution is 5.97. The third kappa shape index (κ3) is 2.07. The zero-order valence-electron chi connectivity index (χ0n) is 10.7. The molecule has 1 aliphatic rings. The van der Waals surface area contributed by atoms with Crippen molar-refractivity contribution in [3.8, 4) is 5.69 Å². The van der Waals surface area contributed by atoms with Crippen LogP contribution in [0.4, 0.5) is 5.69 Å². The summed E-state index contributed by atoms with van der Waals surface area (Å²) in [5, 5.41) is 4.51. The standard InChI is InChI=1S/C14H15N3O2/c1-19-14(18)10-3-2-4-12(13(10)15)17-8-7-11(16-17)9-5-6-9/h2-4,7-9H,5-6,15H2,1H3. The minimum Gasteiger partial charge on any atom is -0.465 e. The first kappa shape index (κ1) is 11.8. The van der Waals surface area contributed by atoms with Gasteiger partial charge in [0, 0.05) is 12.1 Å². The van der Waals surface area contributed by atoms with Crippen LogP contribution in [-0.4, -0.2) is 22.9 Å². The van der Waals surface area contributed by atoms with Crippen LogP contribution in [0.15, 0.2) is 30.5 Å². The third-order valence-corrected chi connectivity index (χ3v) is 3.34. The number of carbonyl (C=O) groups is 1. The Hall–Kier alpha value is -2.30. The number of methoxy groups -OCH3 is 1. The van der Waals surface area contributed by atoms with Gasteiger partial charge in [-0.1, -0.05) is 6.07 Å². The highest BCUT2D eigenvalue weighted by Gasteiger charge is 2.26. The number of ether oxygens (including phenoxy) is 1. The van der Waals surface area contributed by atoms with E-state index >= 15 is 0 Å². The number of carbonyl (C=O) groups excluding carboxylic acids is 1. The van der Waals surface area contributed by atoms with Gasteiger partial charge in [0.2, 0.25) is 0 Å². The van der Waals surface area contributed by atoms with E-state index in [0.717, 1.165) is 5.69 Å². The van der Waals surface area contributed by atoms with Gasteiger partial charge in [-0.15, -0.1) is 0 Å². The lowest BCUT2D eigenvalue weighted by molar-refractivity contribution is 0.0602. The predicted octanol–water partition coefficient (Wildman–Crippen LogP) is 2.12. The predicted molar refractivity (Wildman–Crippen MR) is 71.3 cm³/mol. The average molecular weight is 257 g/mol. The topological polar surface area (TPSA) is 70.1 Å². The van der Waals surface area contributed by atoms with Gasteiger partial charge in [0.15, 0.2) is 0 Å². The normalized spacial score (nSPS) is 14.4. The van der Waals surface area contributed by atoms with Crippen molar-refractivity contribution in [3.05, 3.63) is 41.7 Å². The van der Waals surface area contributed by atoms with E-state index in [-0.39, 0.29) is 0 Å². The Balaban J connectivity index is 2.01. The molecule has 1 saturated carbocycles. The van der Waals surface area contributed by atoms with Crippen molar-refractivity contribution in [2.75, 3.05) is 12.8 Å². The number of hydrogen-bond acceptors (Lipinski definition) is 4. The van der Waals surface area contributed by atoms with Gasteiger partial charge in [-0.3, -0.25) is 0 Å². The molecule has 98 valence electrons.